The van der Waals surface area contributed by atoms with E-state index >= 15 is 0 Å². The smallest absolute Gasteiger partial charge is 0.113 e. The molecular formula is C13H23N5. The van der Waals surface area contributed by atoms with Gasteiger partial charge in [-0.25, -0.2) is 5.43 Å². The molecule has 5 nitrogen and oxygen atoms in total. The first-order chi connectivity index (χ1) is 8.59. The lowest BCUT2D eigenvalue weighted by Crippen LogP contribution is -2.50. The molecule has 100 valence electrons. The third-order valence-electron chi connectivity index (χ3n) is 3.66. The minimum Gasteiger partial charge on any atom is -0.399 e. The highest BCUT2D eigenvalue weighted by Gasteiger charge is 2.34. The highest BCUT2D eigenvalue weighted by Crippen LogP contribution is 2.33. The molecule has 0 saturated heterocycles. The van der Waals surface area contributed by atoms with Crippen molar-refractivity contribution in [3.63, 3.8) is 0 Å². The molecule has 0 fully saturated rings. The maximum atomic E-state index is 6.44. The van der Waals surface area contributed by atoms with Crippen LogP contribution in [0.15, 0.2) is 18.2 Å². The van der Waals surface area contributed by atoms with Crippen LogP contribution in [-0.2, 0) is 5.66 Å². The van der Waals surface area contributed by atoms with Crippen molar-refractivity contribution in [1.29, 1.82) is 0 Å². The Morgan fingerprint density at radius 3 is 2.67 bits per heavy atom. The van der Waals surface area contributed by atoms with Crippen LogP contribution in [0.5, 0.6) is 0 Å². The molecule has 0 spiro atoms. The van der Waals surface area contributed by atoms with Crippen LogP contribution < -0.4 is 22.3 Å². The Kier molecular flexibility index (Phi) is 3.75. The number of hydrazine groups is 1. The fourth-order valence-electron chi connectivity index (χ4n) is 2.37. The molecule has 1 atom stereocenters. The van der Waals surface area contributed by atoms with Gasteiger partial charge in [0.15, 0.2) is 0 Å². The molecule has 0 aliphatic carbocycles. The zero-order chi connectivity index (χ0) is 13.2. The number of nitrogens with one attached hydrogen (secondary N) is 2. The summed E-state index contributed by atoms with van der Waals surface area (Å²) in [5, 5.41) is 0. The van der Waals surface area contributed by atoms with Gasteiger partial charge in [-0.05, 0) is 31.6 Å². The third-order valence-corrected chi connectivity index (χ3v) is 3.66. The zero-order valence-electron chi connectivity index (χ0n) is 11.2. The van der Waals surface area contributed by atoms with E-state index in [4.69, 9.17) is 11.5 Å². The average molecular weight is 249 g/mol. The van der Waals surface area contributed by atoms with Crippen LogP contribution in [-0.4, -0.2) is 24.5 Å². The second-order valence-electron chi connectivity index (χ2n) is 4.80. The number of fused-ring (bicyclic) bond motifs is 1. The van der Waals surface area contributed by atoms with Crippen molar-refractivity contribution in [1.82, 2.24) is 10.3 Å². The topological polar surface area (TPSA) is 79.3 Å². The lowest BCUT2D eigenvalue weighted by atomic mass is 9.97. The molecule has 0 aromatic heterocycles. The number of hydrogen-bond donors (Lipinski definition) is 4. The standard InChI is InChI=1S/C13H23N5/c1-3-18(4-2)8-7-13(15)11-6-5-10(14)9-12(11)16-17-13/h5-6,9,16-17H,3-4,7-8,14-15H2,1-2H3. The van der Waals surface area contributed by atoms with E-state index in [1.165, 1.54) is 0 Å². The van der Waals surface area contributed by atoms with Gasteiger partial charge in [0.2, 0.25) is 0 Å². The number of rotatable bonds is 5. The molecule has 18 heavy (non-hydrogen) atoms. The van der Waals surface area contributed by atoms with E-state index < -0.39 is 5.66 Å². The van der Waals surface area contributed by atoms with Crippen LogP contribution in [0, 0.1) is 0 Å². The summed E-state index contributed by atoms with van der Waals surface area (Å²) < 4.78 is 0. The van der Waals surface area contributed by atoms with Gasteiger partial charge < -0.3 is 21.8 Å². The number of nitrogen functional groups attached to an aromatic ring is 1. The molecule has 1 aliphatic heterocycles. The van der Waals surface area contributed by atoms with Gasteiger partial charge in [-0.2, -0.15) is 0 Å². The summed E-state index contributed by atoms with van der Waals surface area (Å²) >= 11 is 0. The zero-order valence-corrected chi connectivity index (χ0v) is 11.2. The van der Waals surface area contributed by atoms with E-state index in [0.29, 0.717) is 0 Å². The Bertz CT molecular complexity index is 416. The van der Waals surface area contributed by atoms with Crippen molar-refractivity contribution in [3.8, 4) is 0 Å². The lowest BCUT2D eigenvalue weighted by molar-refractivity contribution is 0.247. The maximum absolute atomic E-state index is 6.44. The van der Waals surface area contributed by atoms with E-state index in [9.17, 15) is 0 Å². The molecule has 0 amide bonds. The molecule has 1 heterocycles. The van der Waals surface area contributed by atoms with Crippen LogP contribution in [0.3, 0.4) is 0 Å². The van der Waals surface area contributed by atoms with Gasteiger partial charge in [-0.15, -0.1) is 0 Å². The van der Waals surface area contributed by atoms with Crippen LogP contribution >= 0.6 is 0 Å². The first-order valence-corrected chi connectivity index (χ1v) is 6.53. The molecule has 1 unspecified atom stereocenters. The fourth-order valence-corrected chi connectivity index (χ4v) is 2.37. The first-order valence-electron chi connectivity index (χ1n) is 6.53. The van der Waals surface area contributed by atoms with Crippen molar-refractivity contribution in [2.45, 2.75) is 25.9 Å². The van der Waals surface area contributed by atoms with E-state index in [1.807, 2.05) is 18.2 Å². The van der Waals surface area contributed by atoms with Crippen LogP contribution in [0.4, 0.5) is 11.4 Å². The SMILES string of the molecule is CCN(CC)CCC1(N)NNc2cc(N)ccc21. The van der Waals surface area contributed by atoms with Crippen LogP contribution in [0.25, 0.3) is 0 Å². The Morgan fingerprint density at radius 2 is 2.00 bits per heavy atom. The van der Waals surface area contributed by atoms with Gasteiger partial charge in [0, 0.05) is 17.8 Å². The highest BCUT2D eigenvalue weighted by atomic mass is 15.5. The van der Waals surface area contributed by atoms with Crippen molar-refractivity contribution in [2.75, 3.05) is 30.8 Å². The second-order valence-corrected chi connectivity index (χ2v) is 4.80. The van der Waals surface area contributed by atoms with E-state index in [2.05, 4.69) is 29.6 Å². The molecule has 2 rings (SSSR count). The minimum atomic E-state index is -0.508. The molecule has 1 aromatic rings. The highest BCUT2D eigenvalue weighted by molar-refractivity contribution is 5.64. The normalized spacial score (nSPS) is 22.0. The number of nitrogens with two attached hydrogens (primary N) is 2. The first kappa shape index (κ1) is 13.1. The summed E-state index contributed by atoms with van der Waals surface area (Å²) in [6.45, 7) is 7.41. The Labute approximate surface area is 108 Å². The van der Waals surface area contributed by atoms with Gasteiger partial charge in [-0.3, -0.25) is 0 Å². The Hall–Kier alpha value is -1.30. The summed E-state index contributed by atoms with van der Waals surface area (Å²) in [7, 11) is 0. The van der Waals surface area contributed by atoms with E-state index in [0.717, 1.165) is 43.0 Å². The van der Waals surface area contributed by atoms with Gasteiger partial charge in [-0.1, -0.05) is 19.9 Å². The number of nitrogens with zero attached hydrogens (tertiary/aromatic N) is 1. The molecule has 1 aliphatic rings. The molecule has 0 bridgehead atoms. The Morgan fingerprint density at radius 1 is 1.28 bits per heavy atom. The third kappa shape index (κ3) is 2.43. The molecule has 6 N–H and O–H groups in total. The molecule has 0 radical (unpaired) electrons. The Balaban J connectivity index is 2.10. The van der Waals surface area contributed by atoms with Crippen LogP contribution in [0.2, 0.25) is 0 Å². The monoisotopic (exact) mass is 249 g/mol. The average Bonchev–Trinajstić information content (AvgIpc) is 2.68. The molecule has 0 saturated carbocycles. The molecule has 5 heteroatoms. The largest absolute Gasteiger partial charge is 0.399 e. The quantitative estimate of drug-likeness (QED) is 0.586. The summed E-state index contributed by atoms with van der Waals surface area (Å²) in [4.78, 5) is 2.37. The maximum Gasteiger partial charge on any atom is 0.113 e. The van der Waals surface area contributed by atoms with Crippen molar-refractivity contribution in [2.24, 2.45) is 5.73 Å². The minimum absolute atomic E-state index is 0.508. The predicted octanol–water partition coefficient (Wildman–Crippen LogP) is 1.04. The number of hydrogen-bond acceptors (Lipinski definition) is 5. The van der Waals surface area contributed by atoms with Gasteiger partial charge in [0.05, 0.1) is 5.69 Å². The van der Waals surface area contributed by atoms with Gasteiger partial charge in [0.25, 0.3) is 0 Å². The summed E-state index contributed by atoms with van der Waals surface area (Å²) in [6.07, 6.45) is 0.860. The summed E-state index contributed by atoms with van der Waals surface area (Å²) in [6, 6.07) is 5.81. The van der Waals surface area contributed by atoms with Gasteiger partial charge >= 0.3 is 0 Å². The van der Waals surface area contributed by atoms with Crippen LogP contribution in [0.1, 0.15) is 25.8 Å². The predicted molar refractivity (Wildman–Crippen MR) is 75.9 cm³/mol. The fraction of sp³-hybridized carbons (Fsp3) is 0.538. The van der Waals surface area contributed by atoms with Crippen molar-refractivity contribution < 1.29 is 0 Å². The van der Waals surface area contributed by atoms with Crippen molar-refractivity contribution in [3.05, 3.63) is 23.8 Å². The number of benzene rings is 1. The van der Waals surface area contributed by atoms with Gasteiger partial charge in [0.1, 0.15) is 5.66 Å². The molecule has 1 aromatic carbocycles. The lowest BCUT2D eigenvalue weighted by Gasteiger charge is -2.28. The summed E-state index contributed by atoms with van der Waals surface area (Å²) in [5.74, 6) is 0. The number of anilines is 2. The molecular weight excluding hydrogens is 226 g/mol. The van der Waals surface area contributed by atoms with E-state index in [1.54, 1.807) is 0 Å². The second kappa shape index (κ2) is 5.14. The van der Waals surface area contributed by atoms with Crippen molar-refractivity contribution >= 4 is 11.4 Å². The van der Waals surface area contributed by atoms with E-state index in [-0.39, 0.29) is 0 Å². The summed E-state index contributed by atoms with van der Waals surface area (Å²) in [5.41, 5.74) is 20.8.